The summed E-state index contributed by atoms with van der Waals surface area (Å²) in [4.78, 5) is 16.2. The van der Waals surface area contributed by atoms with Crippen molar-refractivity contribution in [3.63, 3.8) is 0 Å². The van der Waals surface area contributed by atoms with Crippen LogP contribution in [0.2, 0.25) is 0 Å². The summed E-state index contributed by atoms with van der Waals surface area (Å²) in [5, 5.41) is 6.89. The van der Waals surface area contributed by atoms with Crippen LogP contribution in [0.3, 0.4) is 0 Å². The molecule has 2 aromatic heterocycles. The molecule has 0 radical (unpaired) electrons. The van der Waals surface area contributed by atoms with Crippen molar-refractivity contribution in [2.75, 3.05) is 12.1 Å². The SMILES string of the molecule is O=C(/C=C\c1ccc2c(c1)OCO2)Nc1ccnc2ccnn12. The second-order valence-corrected chi connectivity index (χ2v) is 4.87. The fraction of sp³-hybridized carbons (Fsp3) is 0.0625. The van der Waals surface area contributed by atoms with Gasteiger partial charge in [0.05, 0.1) is 6.20 Å². The van der Waals surface area contributed by atoms with Crippen molar-refractivity contribution in [1.29, 1.82) is 0 Å². The first-order valence-corrected chi connectivity index (χ1v) is 6.97. The van der Waals surface area contributed by atoms with Crippen LogP contribution in [-0.4, -0.2) is 27.3 Å². The molecule has 3 heterocycles. The number of fused-ring (bicyclic) bond motifs is 2. The van der Waals surface area contributed by atoms with E-state index in [0.29, 0.717) is 23.0 Å². The van der Waals surface area contributed by atoms with Gasteiger partial charge in [-0.2, -0.15) is 9.61 Å². The van der Waals surface area contributed by atoms with Crippen molar-refractivity contribution >= 4 is 23.4 Å². The summed E-state index contributed by atoms with van der Waals surface area (Å²) in [6.07, 6.45) is 6.40. The van der Waals surface area contributed by atoms with E-state index in [0.717, 1.165) is 5.56 Å². The molecule has 0 bridgehead atoms. The normalized spacial score (nSPS) is 12.9. The lowest BCUT2D eigenvalue weighted by molar-refractivity contribution is -0.111. The van der Waals surface area contributed by atoms with Crippen molar-refractivity contribution in [3.8, 4) is 11.5 Å². The van der Waals surface area contributed by atoms with Gasteiger partial charge in [-0.3, -0.25) is 4.79 Å². The summed E-state index contributed by atoms with van der Waals surface area (Å²) in [6, 6.07) is 8.94. The molecule has 1 aliphatic heterocycles. The Morgan fingerprint density at radius 1 is 1.17 bits per heavy atom. The molecule has 1 aliphatic rings. The van der Waals surface area contributed by atoms with Gasteiger partial charge in [0.1, 0.15) is 5.82 Å². The first-order chi connectivity index (χ1) is 11.3. The minimum Gasteiger partial charge on any atom is -0.454 e. The highest BCUT2D eigenvalue weighted by atomic mass is 16.7. The Labute approximate surface area is 131 Å². The van der Waals surface area contributed by atoms with Crippen LogP contribution in [-0.2, 0) is 4.79 Å². The summed E-state index contributed by atoms with van der Waals surface area (Å²) >= 11 is 0. The van der Waals surface area contributed by atoms with Crippen molar-refractivity contribution in [1.82, 2.24) is 14.6 Å². The van der Waals surface area contributed by atoms with E-state index in [4.69, 9.17) is 9.47 Å². The minimum absolute atomic E-state index is 0.227. The van der Waals surface area contributed by atoms with E-state index in [1.807, 2.05) is 18.2 Å². The Kier molecular flexibility index (Phi) is 3.16. The number of nitrogens with zero attached hydrogens (tertiary/aromatic N) is 3. The Morgan fingerprint density at radius 2 is 2.09 bits per heavy atom. The number of hydrogen-bond donors (Lipinski definition) is 1. The summed E-state index contributed by atoms with van der Waals surface area (Å²) in [5.74, 6) is 1.69. The van der Waals surface area contributed by atoms with Gasteiger partial charge in [0.2, 0.25) is 12.7 Å². The van der Waals surface area contributed by atoms with Crippen LogP contribution in [0, 0.1) is 0 Å². The van der Waals surface area contributed by atoms with E-state index in [9.17, 15) is 4.79 Å². The second-order valence-electron chi connectivity index (χ2n) is 4.87. The van der Waals surface area contributed by atoms with E-state index in [2.05, 4.69) is 15.4 Å². The molecule has 7 nitrogen and oxygen atoms in total. The summed E-state index contributed by atoms with van der Waals surface area (Å²) in [6.45, 7) is 0.227. The fourth-order valence-corrected chi connectivity index (χ4v) is 2.29. The largest absolute Gasteiger partial charge is 0.454 e. The highest BCUT2D eigenvalue weighted by Gasteiger charge is 2.12. The highest BCUT2D eigenvalue weighted by Crippen LogP contribution is 2.32. The zero-order valence-corrected chi connectivity index (χ0v) is 12.0. The van der Waals surface area contributed by atoms with Crippen LogP contribution in [0.15, 0.2) is 48.8 Å². The molecule has 0 atom stereocenters. The van der Waals surface area contributed by atoms with Crippen LogP contribution < -0.4 is 14.8 Å². The van der Waals surface area contributed by atoms with Crippen molar-refractivity contribution in [2.45, 2.75) is 0 Å². The highest BCUT2D eigenvalue weighted by molar-refractivity contribution is 6.01. The van der Waals surface area contributed by atoms with Crippen molar-refractivity contribution in [3.05, 3.63) is 54.4 Å². The average molecular weight is 308 g/mol. The van der Waals surface area contributed by atoms with Gasteiger partial charge in [-0.25, -0.2) is 4.98 Å². The number of hydrogen-bond acceptors (Lipinski definition) is 5. The van der Waals surface area contributed by atoms with E-state index in [1.165, 1.54) is 6.08 Å². The predicted octanol–water partition coefficient (Wildman–Crippen LogP) is 2.11. The quantitative estimate of drug-likeness (QED) is 0.750. The summed E-state index contributed by atoms with van der Waals surface area (Å²) in [7, 11) is 0. The molecule has 0 spiro atoms. The van der Waals surface area contributed by atoms with Crippen LogP contribution in [0.4, 0.5) is 5.82 Å². The van der Waals surface area contributed by atoms with Gasteiger partial charge in [0, 0.05) is 18.3 Å². The number of carbonyl (C=O) groups is 1. The molecule has 0 saturated carbocycles. The van der Waals surface area contributed by atoms with E-state index >= 15 is 0 Å². The minimum atomic E-state index is -0.259. The van der Waals surface area contributed by atoms with E-state index < -0.39 is 0 Å². The Morgan fingerprint density at radius 3 is 3.04 bits per heavy atom. The van der Waals surface area contributed by atoms with Crippen LogP contribution >= 0.6 is 0 Å². The third-order valence-electron chi connectivity index (χ3n) is 3.37. The zero-order valence-electron chi connectivity index (χ0n) is 12.0. The third kappa shape index (κ3) is 2.59. The van der Waals surface area contributed by atoms with Crippen molar-refractivity contribution < 1.29 is 14.3 Å². The lowest BCUT2D eigenvalue weighted by atomic mass is 10.2. The maximum atomic E-state index is 12.1. The third-order valence-corrected chi connectivity index (χ3v) is 3.37. The molecule has 3 aromatic rings. The van der Waals surface area contributed by atoms with Crippen molar-refractivity contribution in [2.24, 2.45) is 0 Å². The fourth-order valence-electron chi connectivity index (χ4n) is 2.29. The van der Waals surface area contributed by atoms with Gasteiger partial charge in [0.25, 0.3) is 0 Å². The number of nitrogens with one attached hydrogen (secondary N) is 1. The molecule has 1 N–H and O–H groups in total. The molecular formula is C16H12N4O3. The lowest BCUT2D eigenvalue weighted by Gasteiger charge is -2.04. The number of benzene rings is 1. The number of amides is 1. The molecule has 23 heavy (non-hydrogen) atoms. The van der Waals surface area contributed by atoms with Crippen LogP contribution in [0.5, 0.6) is 11.5 Å². The molecule has 7 heteroatoms. The maximum Gasteiger partial charge on any atom is 0.249 e. The number of carbonyl (C=O) groups excluding carboxylic acids is 1. The maximum absolute atomic E-state index is 12.1. The molecule has 1 amide bonds. The van der Waals surface area contributed by atoms with E-state index in [1.54, 1.807) is 35.1 Å². The predicted molar refractivity (Wildman–Crippen MR) is 83.2 cm³/mol. The molecule has 0 saturated heterocycles. The second kappa shape index (κ2) is 5.45. The van der Waals surface area contributed by atoms with Gasteiger partial charge >= 0.3 is 0 Å². The molecule has 0 fully saturated rings. The number of anilines is 1. The van der Waals surface area contributed by atoms with Gasteiger partial charge in [-0.1, -0.05) is 6.07 Å². The molecule has 0 unspecified atom stereocenters. The Bertz CT molecular complexity index is 917. The topological polar surface area (TPSA) is 77.8 Å². The molecule has 0 aliphatic carbocycles. The first-order valence-electron chi connectivity index (χ1n) is 6.97. The smallest absolute Gasteiger partial charge is 0.249 e. The number of aromatic nitrogens is 3. The Balaban J connectivity index is 1.50. The van der Waals surface area contributed by atoms with Gasteiger partial charge < -0.3 is 14.8 Å². The summed E-state index contributed by atoms with van der Waals surface area (Å²) in [5.41, 5.74) is 1.52. The monoisotopic (exact) mass is 308 g/mol. The molecular weight excluding hydrogens is 296 g/mol. The van der Waals surface area contributed by atoms with E-state index in [-0.39, 0.29) is 12.7 Å². The Hall–Kier alpha value is -3.35. The van der Waals surface area contributed by atoms with Gasteiger partial charge in [-0.05, 0) is 29.8 Å². The molecule has 4 rings (SSSR count). The zero-order chi connectivity index (χ0) is 15.6. The number of ether oxygens (including phenoxy) is 2. The van der Waals surface area contributed by atoms with Crippen LogP contribution in [0.25, 0.3) is 11.7 Å². The van der Waals surface area contributed by atoms with Gasteiger partial charge in [0.15, 0.2) is 17.1 Å². The first kappa shape index (κ1) is 13.3. The summed E-state index contributed by atoms with van der Waals surface area (Å²) < 4.78 is 12.1. The standard InChI is InChI=1S/C16H12N4O3/c21-16(19-15-5-7-17-14-6-8-18-20(14)15)4-2-11-1-3-12-13(9-11)23-10-22-12/h1-9H,10H2,(H,19,21)/b4-2-. The molecule has 1 aromatic carbocycles. The lowest BCUT2D eigenvalue weighted by Crippen LogP contribution is -2.11. The van der Waals surface area contributed by atoms with Crippen LogP contribution in [0.1, 0.15) is 5.56 Å². The molecule has 114 valence electrons. The van der Waals surface area contributed by atoms with Gasteiger partial charge in [-0.15, -0.1) is 0 Å². The number of rotatable bonds is 3. The average Bonchev–Trinajstić information content (AvgIpc) is 3.21.